The highest BCUT2D eigenvalue weighted by Crippen LogP contribution is 2.40. The molecule has 1 saturated heterocycles. The van der Waals surface area contributed by atoms with Gasteiger partial charge in [-0.05, 0) is 44.4 Å². The summed E-state index contributed by atoms with van der Waals surface area (Å²) in [5.41, 5.74) is 2.73. The van der Waals surface area contributed by atoms with Crippen molar-refractivity contribution in [3.8, 4) is 16.9 Å². The summed E-state index contributed by atoms with van der Waals surface area (Å²) in [5, 5.41) is 6.89. The molecule has 9 nitrogen and oxygen atoms in total. The molecule has 1 amide bonds. The number of fused-ring (bicyclic) bond motifs is 1. The van der Waals surface area contributed by atoms with Crippen LogP contribution in [0.4, 0.5) is 5.69 Å². The lowest BCUT2D eigenvalue weighted by atomic mass is 10.0. The van der Waals surface area contributed by atoms with E-state index in [0.29, 0.717) is 42.5 Å². The first-order valence-corrected chi connectivity index (χ1v) is 12.0. The maximum atomic E-state index is 13.1. The molecule has 2 atom stereocenters. The van der Waals surface area contributed by atoms with Crippen molar-refractivity contribution in [3.05, 3.63) is 29.7 Å². The van der Waals surface area contributed by atoms with Crippen LogP contribution in [0.15, 0.2) is 22.7 Å². The van der Waals surface area contributed by atoms with E-state index in [9.17, 15) is 13.2 Å². The summed E-state index contributed by atoms with van der Waals surface area (Å²) in [6, 6.07) is 5.19. The van der Waals surface area contributed by atoms with Gasteiger partial charge in [0, 0.05) is 12.2 Å². The zero-order chi connectivity index (χ0) is 22.2. The Morgan fingerprint density at radius 3 is 2.77 bits per heavy atom. The maximum Gasteiger partial charge on any atom is 0.263 e. The summed E-state index contributed by atoms with van der Waals surface area (Å²) < 4.78 is 44.0. The summed E-state index contributed by atoms with van der Waals surface area (Å²) in [6.07, 6.45) is 0.257. The number of hydrogen-bond donors (Lipinski definition) is 1. The molecule has 2 unspecified atom stereocenters. The van der Waals surface area contributed by atoms with Gasteiger partial charge in [-0.2, -0.15) is 0 Å². The zero-order valence-electron chi connectivity index (χ0n) is 17.9. The molecule has 1 aromatic heterocycles. The van der Waals surface area contributed by atoms with Gasteiger partial charge < -0.3 is 19.3 Å². The zero-order valence-corrected chi connectivity index (χ0v) is 18.7. The van der Waals surface area contributed by atoms with E-state index in [1.165, 1.54) is 4.31 Å². The van der Waals surface area contributed by atoms with Gasteiger partial charge in [0.15, 0.2) is 6.10 Å². The summed E-state index contributed by atoms with van der Waals surface area (Å²) in [6.45, 7) is 6.42. The average Bonchev–Trinajstić information content (AvgIpc) is 3.36. The largest absolute Gasteiger partial charge is 0.476 e. The van der Waals surface area contributed by atoms with Crippen LogP contribution in [0.25, 0.3) is 11.1 Å². The van der Waals surface area contributed by atoms with E-state index in [0.717, 1.165) is 17.5 Å². The molecule has 3 heterocycles. The summed E-state index contributed by atoms with van der Waals surface area (Å²) in [7, 11) is -3.64. The standard InChI is InChI=1S/C21H27N3O6S/c1-4-9-31(26,27)24-11-19(21(25)22-16-7-8-28-12-16)29-18-6-5-15(10-17(18)24)20-13(2)23-30-14(20)3/h5-6,10,16,19H,4,7-9,11-12H2,1-3H3,(H,22,25). The van der Waals surface area contributed by atoms with Gasteiger partial charge in [0.05, 0.1) is 36.3 Å². The highest BCUT2D eigenvalue weighted by atomic mass is 32.2. The highest BCUT2D eigenvalue weighted by molar-refractivity contribution is 7.92. The summed E-state index contributed by atoms with van der Waals surface area (Å²) in [4.78, 5) is 12.8. The quantitative estimate of drug-likeness (QED) is 0.719. The van der Waals surface area contributed by atoms with Crippen molar-refractivity contribution in [2.75, 3.05) is 29.8 Å². The van der Waals surface area contributed by atoms with Gasteiger partial charge >= 0.3 is 0 Å². The fourth-order valence-electron chi connectivity index (χ4n) is 4.01. The molecule has 1 aromatic carbocycles. The number of amides is 1. The third-order valence-electron chi connectivity index (χ3n) is 5.52. The Bertz CT molecular complexity index is 1060. The van der Waals surface area contributed by atoms with Crippen LogP contribution in [0.1, 0.15) is 31.2 Å². The molecular weight excluding hydrogens is 422 g/mol. The highest BCUT2D eigenvalue weighted by Gasteiger charge is 2.37. The van der Waals surface area contributed by atoms with E-state index < -0.39 is 16.1 Å². The Kier molecular flexibility index (Phi) is 5.94. The lowest BCUT2D eigenvalue weighted by Crippen LogP contribution is -2.53. The second-order valence-electron chi connectivity index (χ2n) is 7.90. The third kappa shape index (κ3) is 4.27. The normalized spacial score (nSPS) is 20.9. The van der Waals surface area contributed by atoms with Crippen LogP contribution in [0, 0.1) is 13.8 Å². The molecule has 168 valence electrons. The van der Waals surface area contributed by atoms with Crippen LogP contribution in [0.2, 0.25) is 0 Å². The number of sulfonamides is 1. The number of aromatic nitrogens is 1. The smallest absolute Gasteiger partial charge is 0.263 e. The molecule has 4 rings (SSSR count). The number of nitrogens with zero attached hydrogens (tertiary/aromatic N) is 2. The molecule has 0 bridgehead atoms. The van der Waals surface area contributed by atoms with Crippen LogP contribution in [-0.4, -0.2) is 57.1 Å². The van der Waals surface area contributed by atoms with Crippen LogP contribution in [0.5, 0.6) is 5.75 Å². The molecule has 10 heteroatoms. The van der Waals surface area contributed by atoms with E-state index in [-0.39, 0.29) is 24.2 Å². The molecule has 1 N–H and O–H groups in total. The predicted octanol–water partition coefficient (Wildman–Crippen LogP) is 2.17. The number of hydrogen-bond acceptors (Lipinski definition) is 7. The second-order valence-corrected chi connectivity index (χ2v) is 9.92. The SMILES string of the molecule is CCCS(=O)(=O)N1CC(C(=O)NC2CCOC2)Oc2ccc(-c3c(C)noc3C)cc21. The van der Waals surface area contributed by atoms with Gasteiger partial charge in [0.1, 0.15) is 11.5 Å². The van der Waals surface area contributed by atoms with Gasteiger partial charge in [-0.15, -0.1) is 0 Å². The van der Waals surface area contributed by atoms with Gasteiger partial charge in [0.2, 0.25) is 10.0 Å². The number of anilines is 1. The van der Waals surface area contributed by atoms with Crippen molar-refractivity contribution in [2.24, 2.45) is 0 Å². The molecule has 2 aliphatic heterocycles. The Balaban J connectivity index is 1.70. The molecule has 31 heavy (non-hydrogen) atoms. The van der Waals surface area contributed by atoms with Crippen LogP contribution >= 0.6 is 0 Å². The summed E-state index contributed by atoms with van der Waals surface area (Å²) >= 11 is 0. The van der Waals surface area contributed by atoms with Crippen molar-refractivity contribution in [1.29, 1.82) is 0 Å². The number of nitrogens with one attached hydrogen (secondary N) is 1. The third-order valence-corrected chi connectivity index (χ3v) is 7.46. The number of benzene rings is 1. The van der Waals surface area contributed by atoms with Gasteiger partial charge in [-0.25, -0.2) is 8.42 Å². The van der Waals surface area contributed by atoms with Crippen LogP contribution in [0.3, 0.4) is 0 Å². The van der Waals surface area contributed by atoms with E-state index in [1.54, 1.807) is 12.1 Å². The Morgan fingerprint density at radius 1 is 1.32 bits per heavy atom. The van der Waals surface area contributed by atoms with Crippen molar-refractivity contribution < 1.29 is 27.2 Å². The average molecular weight is 450 g/mol. The van der Waals surface area contributed by atoms with E-state index in [2.05, 4.69) is 10.5 Å². The molecule has 2 aromatic rings. The fourth-order valence-corrected chi connectivity index (χ4v) is 5.55. The van der Waals surface area contributed by atoms with E-state index >= 15 is 0 Å². The van der Waals surface area contributed by atoms with Crippen molar-refractivity contribution in [2.45, 2.75) is 45.8 Å². The monoisotopic (exact) mass is 449 g/mol. The lowest BCUT2D eigenvalue weighted by molar-refractivity contribution is -0.128. The van der Waals surface area contributed by atoms with Crippen molar-refractivity contribution >= 4 is 21.6 Å². The lowest BCUT2D eigenvalue weighted by Gasteiger charge is -2.35. The minimum absolute atomic E-state index is 0.0210. The Morgan fingerprint density at radius 2 is 2.13 bits per heavy atom. The first-order chi connectivity index (χ1) is 14.8. The number of carbonyl (C=O) groups is 1. The number of rotatable bonds is 6. The number of carbonyl (C=O) groups excluding carboxylic acids is 1. The Labute approximate surface area is 181 Å². The minimum atomic E-state index is -3.64. The fraction of sp³-hybridized carbons (Fsp3) is 0.524. The van der Waals surface area contributed by atoms with Gasteiger partial charge in [-0.1, -0.05) is 18.1 Å². The predicted molar refractivity (Wildman–Crippen MR) is 115 cm³/mol. The second kappa shape index (κ2) is 8.51. The van der Waals surface area contributed by atoms with Crippen molar-refractivity contribution in [3.63, 3.8) is 0 Å². The molecule has 1 fully saturated rings. The molecule has 2 aliphatic rings. The van der Waals surface area contributed by atoms with Crippen molar-refractivity contribution in [1.82, 2.24) is 10.5 Å². The summed E-state index contributed by atoms with van der Waals surface area (Å²) in [5.74, 6) is 0.636. The Hall–Kier alpha value is -2.59. The molecule has 0 aliphatic carbocycles. The number of ether oxygens (including phenoxy) is 2. The topological polar surface area (TPSA) is 111 Å². The molecule has 0 saturated carbocycles. The van der Waals surface area contributed by atoms with Gasteiger partial charge in [-0.3, -0.25) is 9.10 Å². The molecule has 0 radical (unpaired) electrons. The molecular formula is C21H27N3O6S. The molecule has 0 spiro atoms. The maximum absolute atomic E-state index is 13.1. The van der Waals surface area contributed by atoms with E-state index in [4.69, 9.17) is 14.0 Å². The first-order valence-electron chi connectivity index (χ1n) is 10.4. The first kappa shape index (κ1) is 21.6. The minimum Gasteiger partial charge on any atom is -0.476 e. The van der Waals surface area contributed by atoms with Crippen LogP contribution in [-0.2, 0) is 19.6 Å². The number of aryl methyl sites for hydroxylation is 2. The van der Waals surface area contributed by atoms with Crippen LogP contribution < -0.4 is 14.4 Å². The van der Waals surface area contributed by atoms with Gasteiger partial charge in [0.25, 0.3) is 5.91 Å². The van der Waals surface area contributed by atoms with E-state index in [1.807, 2.05) is 26.8 Å².